The first kappa shape index (κ1) is 17.8. The predicted molar refractivity (Wildman–Crippen MR) is 86.6 cm³/mol. The maximum atomic E-state index is 13.7. The van der Waals surface area contributed by atoms with Crippen molar-refractivity contribution < 1.29 is 18.3 Å². The summed E-state index contributed by atoms with van der Waals surface area (Å²) in [7, 11) is 0. The average Bonchev–Trinajstić information content (AvgIpc) is 2.56. The van der Waals surface area contributed by atoms with Crippen molar-refractivity contribution in [1.29, 1.82) is 0 Å². The van der Waals surface area contributed by atoms with Gasteiger partial charge in [0.1, 0.15) is 5.82 Å². The van der Waals surface area contributed by atoms with E-state index in [0.29, 0.717) is 5.56 Å². The summed E-state index contributed by atoms with van der Waals surface area (Å²) in [4.78, 5) is 16.1. The molecule has 1 N–H and O–H groups in total. The van der Waals surface area contributed by atoms with Crippen LogP contribution < -0.4 is 10.1 Å². The molecule has 0 aliphatic heterocycles. The van der Waals surface area contributed by atoms with Gasteiger partial charge in [-0.3, -0.25) is 4.79 Å². The number of rotatable bonds is 7. The number of halogens is 2. The maximum Gasteiger partial charge on any atom is 0.224 e. The fourth-order valence-corrected chi connectivity index (χ4v) is 2.23. The smallest absolute Gasteiger partial charge is 0.224 e. The van der Waals surface area contributed by atoms with E-state index in [4.69, 9.17) is 4.74 Å². The Morgan fingerprint density at radius 3 is 2.83 bits per heavy atom. The quantitative estimate of drug-likeness (QED) is 0.825. The van der Waals surface area contributed by atoms with Crippen molar-refractivity contribution >= 4 is 5.91 Å². The van der Waals surface area contributed by atoms with Crippen LogP contribution in [0.1, 0.15) is 32.3 Å². The monoisotopic (exact) mass is 334 g/mol. The summed E-state index contributed by atoms with van der Waals surface area (Å²) in [6.07, 6.45) is 3.24. The molecule has 24 heavy (non-hydrogen) atoms. The van der Waals surface area contributed by atoms with Gasteiger partial charge in [-0.2, -0.15) is 0 Å². The van der Waals surface area contributed by atoms with Crippen molar-refractivity contribution in [2.24, 2.45) is 5.92 Å². The average molecular weight is 334 g/mol. The summed E-state index contributed by atoms with van der Waals surface area (Å²) in [5.41, 5.74) is 0.610. The fraction of sp³-hybridized carbons (Fsp3) is 0.333. The lowest BCUT2D eigenvalue weighted by atomic mass is 10.1. The minimum atomic E-state index is -0.813. The minimum absolute atomic E-state index is 0.0559. The van der Waals surface area contributed by atoms with Gasteiger partial charge in [0.05, 0.1) is 0 Å². The van der Waals surface area contributed by atoms with Crippen molar-refractivity contribution in [3.63, 3.8) is 0 Å². The highest BCUT2D eigenvalue weighted by Crippen LogP contribution is 2.26. The zero-order chi connectivity index (χ0) is 17.5. The number of amides is 1. The number of carbonyl (C=O) groups is 1. The largest absolute Gasteiger partial charge is 0.436 e. The molecular formula is C18H20F2N2O2. The summed E-state index contributed by atoms with van der Waals surface area (Å²) >= 11 is 0. The zero-order valence-electron chi connectivity index (χ0n) is 13.7. The first-order valence-corrected chi connectivity index (χ1v) is 7.85. The molecule has 6 heteroatoms. The lowest BCUT2D eigenvalue weighted by molar-refractivity contribution is -0.124. The molecule has 0 aliphatic rings. The van der Waals surface area contributed by atoms with E-state index >= 15 is 0 Å². The van der Waals surface area contributed by atoms with E-state index in [-0.39, 0.29) is 30.0 Å². The molecule has 128 valence electrons. The highest BCUT2D eigenvalue weighted by molar-refractivity contribution is 5.78. The Kier molecular flexibility index (Phi) is 6.23. The van der Waals surface area contributed by atoms with Crippen molar-refractivity contribution in [3.8, 4) is 11.6 Å². The first-order valence-electron chi connectivity index (χ1n) is 7.85. The Morgan fingerprint density at radius 2 is 2.12 bits per heavy atom. The zero-order valence-corrected chi connectivity index (χ0v) is 13.7. The maximum absolute atomic E-state index is 13.7. The topological polar surface area (TPSA) is 51.2 Å². The van der Waals surface area contributed by atoms with E-state index in [0.717, 1.165) is 25.0 Å². The molecule has 0 unspecified atom stereocenters. The number of carbonyl (C=O) groups excluding carboxylic acids is 1. The van der Waals surface area contributed by atoms with Crippen LogP contribution in [-0.2, 0) is 11.3 Å². The predicted octanol–water partition coefficient (Wildman–Crippen LogP) is 4.20. The van der Waals surface area contributed by atoms with E-state index in [1.54, 1.807) is 12.1 Å². The Balaban J connectivity index is 2.08. The molecular weight excluding hydrogens is 314 g/mol. The van der Waals surface area contributed by atoms with E-state index in [9.17, 15) is 13.6 Å². The van der Waals surface area contributed by atoms with Crippen LogP contribution in [0.5, 0.6) is 11.6 Å². The second kappa shape index (κ2) is 8.38. The van der Waals surface area contributed by atoms with Crippen LogP contribution in [0.25, 0.3) is 0 Å². The van der Waals surface area contributed by atoms with Gasteiger partial charge in [-0.15, -0.1) is 0 Å². The molecule has 4 nitrogen and oxygen atoms in total. The molecule has 0 aliphatic carbocycles. The normalized spacial score (nSPS) is 11.8. The molecule has 0 spiro atoms. The van der Waals surface area contributed by atoms with E-state index in [1.807, 2.05) is 13.8 Å². The molecule has 1 atom stereocenters. The van der Waals surface area contributed by atoms with Gasteiger partial charge in [0, 0.05) is 30.3 Å². The van der Waals surface area contributed by atoms with Gasteiger partial charge in [-0.05, 0) is 24.6 Å². The van der Waals surface area contributed by atoms with Gasteiger partial charge in [-0.1, -0.05) is 26.3 Å². The van der Waals surface area contributed by atoms with Crippen molar-refractivity contribution in [1.82, 2.24) is 10.3 Å². The van der Waals surface area contributed by atoms with E-state index in [1.165, 1.54) is 12.3 Å². The number of benzene rings is 1. The third-order valence-corrected chi connectivity index (χ3v) is 3.57. The molecule has 1 amide bonds. The van der Waals surface area contributed by atoms with E-state index in [2.05, 4.69) is 10.3 Å². The molecule has 0 bridgehead atoms. The van der Waals surface area contributed by atoms with Crippen LogP contribution in [0.4, 0.5) is 8.78 Å². The molecule has 1 heterocycles. The second-order valence-corrected chi connectivity index (χ2v) is 5.55. The summed E-state index contributed by atoms with van der Waals surface area (Å²) < 4.78 is 32.1. The summed E-state index contributed by atoms with van der Waals surface area (Å²) in [5.74, 6) is -1.58. The highest BCUT2D eigenvalue weighted by atomic mass is 19.1. The summed E-state index contributed by atoms with van der Waals surface area (Å²) in [6.45, 7) is 4.11. The molecule has 2 rings (SSSR count). The van der Waals surface area contributed by atoms with Gasteiger partial charge in [0.15, 0.2) is 11.6 Å². The number of aromatic nitrogens is 1. The van der Waals surface area contributed by atoms with Crippen LogP contribution in [0.2, 0.25) is 0 Å². The number of pyridine rings is 1. The van der Waals surface area contributed by atoms with Crippen LogP contribution in [-0.4, -0.2) is 10.9 Å². The molecule has 2 aromatic rings. The Hall–Kier alpha value is -2.50. The van der Waals surface area contributed by atoms with Gasteiger partial charge < -0.3 is 10.1 Å². The third-order valence-electron chi connectivity index (χ3n) is 3.57. The van der Waals surface area contributed by atoms with Crippen LogP contribution in [0.15, 0.2) is 36.5 Å². The van der Waals surface area contributed by atoms with Crippen LogP contribution in [0, 0.1) is 17.6 Å². The molecule has 0 saturated carbocycles. The fourth-order valence-electron chi connectivity index (χ4n) is 2.23. The summed E-state index contributed by atoms with van der Waals surface area (Å²) in [5, 5.41) is 2.82. The summed E-state index contributed by atoms with van der Waals surface area (Å²) in [6, 6.07) is 6.48. The number of hydrogen-bond donors (Lipinski definition) is 1. The SMILES string of the molecule is CCC[C@H](C)C(=O)NCc1cccnc1Oc1ccc(F)cc1F. The number of ether oxygens (including phenoxy) is 1. The molecule has 0 radical (unpaired) electrons. The van der Waals surface area contributed by atoms with Crippen LogP contribution in [0.3, 0.4) is 0 Å². The van der Waals surface area contributed by atoms with Crippen molar-refractivity contribution in [3.05, 3.63) is 53.7 Å². The highest BCUT2D eigenvalue weighted by Gasteiger charge is 2.14. The lowest BCUT2D eigenvalue weighted by Gasteiger charge is -2.13. The van der Waals surface area contributed by atoms with Crippen LogP contribution >= 0.6 is 0 Å². The van der Waals surface area contributed by atoms with Gasteiger partial charge in [0.25, 0.3) is 0 Å². The Labute approximate surface area is 139 Å². The van der Waals surface area contributed by atoms with Crippen molar-refractivity contribution in [2.45, 2.75) is 33.2 Å². The Morgan fingerprint density at radius 1 is 1.33 bits per heavy atom. The second-order valence-electron chi connectivity index (χ2n) is 5.55. The number of hydrogen-bond acceptors (Lipinski definition) is 3. The number of nitrogens with one attached hydrogen (secondary N) is 1. The van der Waals surface area contributed by atoms with Crippen molar-refractivity contribution in [2.75, 3.05) is 0 Å². The molecule has 1 aromatic carbocycles. The third kappa shape index (κ3) is 4.75. The molecule has 0 saturated heterocycles. The minimum Gasteiger partial charge on any atom is -0.436 e. The standard InChI is InChI=1S/C18H20F2N2O2/c1-3-5-12(2)17(23)22-11-13-6-4-9-21-18(13)24-16-8-7-14(19)10-15(16)20/h4,6-10,12H,3,5,11H2,1-2H3,(H,22,23)/t12-/m0/s1. The first-order chi connectivity index (χ1) is 11.5. The molecule has 1 aromatic heterocycles. The van der Waals surface area contributed by atoms with Gasteiger partial charge in [0.2, 0.25) is 11.8 Å². The van der Waals surface area contributed by atoms with E-state index < -0.39 is 11.6 Å². The Bertz CT molecular complexity index is 707. The molecule has 0 fully saturated rings. The lowest BCUT2D eigenvalue weighted by Crippen LogP contribution is -2.28. The number of nitrogens with zero attached hydrogens (tertiary/aromatic N) is 1. The van der Waals surface area contributed by atoms with Gasteiger partial charge in [-0.25, -0.2) is 13.8 Å². The van der Waals surface area contributed by atoms with Gasteiger partial charge >= 0.3 is 0 Å².